The van der Waals surface area contributed by atoms with Crippen LogP contribution in [0.2, 0.25) is 0 Å². The molecule has 0 saturated heterocycles. The molecule has 1 aliphatic heterocycles. The molecule has 312 valence electrons. The van der Waals surface area contributed by atoms with Crippen molar-refractivity contribution < 1.29 is 4.74 Å². The zero-order chi connectivity index (χ0) is 43.7. The minimum Gasteiger partial charge on any atom is -0.457 e. The Morgan fingerprint density at radius 1 is 0.524 bits per heavy atom. The van der Waals surface area contributed by atoms with Gasteiger partial charge in [-0.3, -0.25) is 9.47 Å². The Hall–Kier alpha value is -7.32. The number of hydrogen-bond donors (Lipinski definition) is 0. The Kier molecular flexibility index (Phi) is 9.63. The van der Waals surface area contributed by atoms with Crippen molar-refractivity contribution in [3.8, 4) is 40.1 Å². The average Bonchev–Trinajstić information content (AvgIpc) is 3.79. The number of aromatic nitrogens is 5. The number of rotatable bonds is 7. The highest BCUT2D eigenvalue weighted by Crippen LogP contribution is 2.45. The van der Waals surface area contributed by atoms with Crippen LogP contribution < -0.4 is 14.5 Å². The fourth-order valence-electron chi connectivity index (χ4n) is 9.50. The first-order chi connectivity index (χ1) is 30.3. The Morgan fingerprint density at radius 3 is 1.76 bits per heavy atom. The fraction of sp³-hybridized carbons (Fsp3) is 0.200. The largest absolute Gasteiger partial charge is 0.457 e. The molecule has 0 aliphatic carbocycles. The van der Waals surface area contributed by atoms with Crippen LogP contribution in [0, 0.1) is 41.5 Å². The number of ether oxygens (including phenoxy) is 1. The Labute approximate surface area is 369 Å². The van der Waals surface area contributed by atoms with Crippen molar-refractivity contribution in [1.29, 1.82) is 0 Å². The monoisotopic (exact) mass is 825 g/mol. The average molecular weight is 826 g/mol. The summed E-state index contributed by atoms with van der Waals surface area (Å²) < 4.78 is 8.98. The van der Waals surface area contributed by atoms with E-state index in [1.165, 1.54) is 22.1 Å². The highest BCUT2D eigenvalue weighted by atomic mass is 16.5. The van der Waals surface area contributed by atoms with Crippen LogP contribution in [0.15, 0.2) is 134 Å². The standard InChI is InChI=1S/C55H51N7O/c1-33-25-35(3)50(36(4)26-33)52-57-53(51-37(5)27-34(2)28-38(51)6)59-54(58-52)61-32-60(46-19-12-13-20-47(46)61)40-15-14-16-41(30-40)63-42-21-22-44-43-17-10-11-18-45(43)62(48(44)31-42)49-29-39(23-24-56-49)55(7,8)9/h10-31H,32H2,1-9H3. The maximum Gasteiger partial charge on any atom is 0.235 e. The number of nitrogens with zero attached hydrogens (tertiary/aromatic N) is 7. The summed E-state index contributed by atoms with van der Waals surface area (Å²) in [4.78, 5) is 25.1. The SMILES string of the molecule is Cc1cc(C)c(-c2nc(-c3c(C)cc(C)cc3C)nc(N3CN(c4cccc(Oc5ccc6c7ccccc7n(-c7cc(C(C)(C)C)ccn7)c6c5)c4)c4ccccc43)n2)c(C)c1. The van der Waals surface area contributed by atoms with Gasteiger partial charge in [0.05, 0.1) is 22.4 Å². The molecule has 0 N–H and O–H groups in total. The first-order valence-electron chi connectivity index (χ1n) is 21.7. The van der Waals surface area contributed by atoms with E-state index in [-0.39, 0.29) is 5.41 Å². The van der Waals surface area contributed by atoms with E-state index in [1.807, 2.05) is 12.3 Å². The molecule has 0 unspecified atom stereocenters. The number of para-hydroxylation sites is 3. The smallest absolute Gasteiger partial charge is 0.235 e. The Morgan fingerprint density at radius 2 is 1.11 bits per heavy atom. The van der Waals surface area contributed by atoms with Gasteiger partial charge in [0.2, 0.25) is 5.95 Å². The van der Waals surface area contributed by atoms with Crippen LogP contribution in [-0.2, 0) is 5.41 Å². The summed E-state index contributed by atoms with van der Waals surface area (Å²) in [6.07, 6.45) is 1.91. The molecule has 0 amide bonds. The van der Waals surface area contributed by atoms with Gasteiger partial charge in [-0.1, -0.05) is 92.6 Å². The molecular weight excluding hydrogens is 775 g/mol. The second-order valence-electron chi connectivity index (χ2n) is 18.1. The van der Waals surface area contributed by atoms with Gasteiger partial charge in [-0.25, -0.2) is 9.97 Å². The third-order valence-corrected chi connectivity index (χ3v) is 12.3. The zero-order valence-corrected chi connectivity index (χ0v) is 37.4. The molecule has 63 heavy (non-hydrogen) atoms. The fourth-order valence-corrected chi connectivity index (χ4v) is 9.50. The van der Waals surface area contributed by atoms with E-state index in [0.29, 0.717) is 24.3 Å². The highest BCUT2D eigenvalue weighted by Gasteiger charge is 2.31. The number of anilines is 4. The number of fused-ring (bicyclic) bond motifs is 4. The van der Waals surface area contributed by atoms with Gasteiger partial charge in [-0.15, -0.1) is 0 Å². The first-order valence-corrected chi connectivity index (χ1v) is 21.7. The summed E-state index contributed by atoms with van der Waals surface area (Å²) in [5.41, 5.74) is 15.5. The third-order valence-electron chi connectivity index (χ3n) is 12.3. The molecule has 4 heterocycles. The Balaban J connectivity index is 1.03. The summed E-state index contributed by atoms with van der Waals surface area (Å²) >= 11 is 0. The van der Waals surface area contributed by atoms with Crippen molar-refractivity contribution in [3.63, 3.8) is 0 Å². The predicted octanol–water partition coefficient (Wildman–Crippen LogP) is 13.9. The molecule has 8 heteroatoms. The van der Waals surface area contributed by atoms with Crippen LogP contribution in [0.1, 0.15) is 59.7 Å². The van der Waals surface area contributed by atoms with Gasteiger partial charge in [0, 0.05) is 45.9 Å². The lowest BCUT2D eigenvalue weighted by atomic mass is 9.88. The maximum absolute atomic E-state index is 6.73. The zero-order valence-electron chi connectivity index (χ0n) is 37.4. The van der Waals surface area contributed by atoms with Crippen molar-refractivity contribution >= 4 is 44.8 Å². The summed E-state index contributed by atoms with van der Waals surface area (Å²) in [6, 6.07) is 44.8. The molecule has 0 atom stereocenters. The number of hydrogen-bond acceptors (Lipinski definition) is 7. The summed E-state index contributed by atoms with van der Waals surface area (Å²) in [7, 11) is 0. The summed E-state index contributed by atoms with van der Waals surface area (Å²) in [6.45, 7) is 20.0. The van der Waals surface area contributed by atoms with Crippen molar-refractivity contribution in [2.24, 2.45) is 0 Å². The van der Waals surface area contributed by atoms with Crippen LogP contribution in [0.25, 0.3) is 50.4 Å². The maximum atomic E-state index is 6.73. The third kappa shape index (κ3) is 7.15. The van der Waals surface area contributed by atoms with Gasteiger partial charge < -0.3 is 9.64 Å². The van der Waals surface area contributed by atoms with Gasteiger partial charge in [-0.05, 0) is 129 Å². The molecule has 0 bridgehead atoms. The van der Waals surface area contributed by atoms with Crippen LogP contribution in [0.5, 0.6) is 11.5 Å². The van der Waals surface area contributed by atoms with Gasteiger partial charge >= 0.3 is 0 Å². The molecule has 0 saturated carbocycles. The van der Waals surface area contributed by atoms with E-state index in [9.17, 15) is 0 Å². The van der Waals surface area contributed by atoms with Crippen LogP contribution in [-0.4, -0.2) is 31.2 Å². The molecule has 6 aromatic carbocycles. The summed E-state index contributed by atoms with van der Waals surface area (Å²) in [5, 5.41) is 2.32. The van der Waals surface area contributed by atoms with Crippen LogP contribution >= 0.6 is 0 Å². The van der Waals surface area contributed by atoms with E-state index in [4.69, 9.17) is 24.7 Å². The van der Waals surface area contributed by atoms with Crippen LogP contribution in [0.4, 0.5) is 23.0 Å². The number of benzene rings is 6. The van der Waals surface area contributed by atoms with E-state index < -0.39 is 0 Å². The lowest BCUT2D eigenvalue weighted by Gasteiger charge is -2.22. The summed E-state index contributed by atoms with van der Waals surface area (Å²) in [5.74, 6) is 4.30. The van der Waals surface area contributed by atoms with Gasteiger partial charge in [-0.2, -0.15) is 9.97 Å². The quantitative estimate of drug-likeness (QED) is 0.158. The molecular formula is C55H51N7O. The van der Waals surface area contributed by atoms with Crippen molar-refractivity contribution in [1.82, 2.24) is 24.5 Å². The number of aryl methyl sites for hydroxylation is 6. The second kappa shape index (κ2) is 15.2. The van der Waals surface area contributed by atoms with Gasteiger partial charge in [0.1, 0.15) is 24.0 Å². The molecule has 10 rings (SSSR count). The molecule has 3 aromatic heterocycles. The normalized spacial score (nSPS) is 12.7. The topological polar surface area (TPSA) is 72.2 Å². The van der Waals surface area contributed by atoms with E-state index in [0.717, 1.165) is 84.2 Å². The molecule has 0 fully saturated rings. The molecule has 0 spiro atoms. The highest BCUT2D eigenvalue weighted by molar-refractivity contribution is 6.09. The predicted molar refractivity (Wildman–Crippen MR) is 258 cm³/mol. The minimum atomic E-state index is -0.0147. The Bertz CT molecular complexity index is 3140. The molecule has 0 radical (unpaired) electrons. The molecule has 9 aromatic rings. The van der Waals surface area contributed by atoms with Crippen LogP contribution in [0.3, 0.4) is 0 Å². The first kappa shape index (κ1) is 39.8. The number of pyridine rings is 1. The second-order valence-corrected chi connectivity index (χ2v) is 18.1. The molecule has 1 aliphatic rings. The minimum absolute atomic E-state index is 0.0147. The molecule has 8 nitrogen and oxygen atoms in total. The van der Waals surface area contributed by atoms with Crippen molar-refractivity contribution in [3.05, 3.63) is 173 Å². The van der Waals surface area contributed by atoms with Gasteiger partial charge in [0.15, 0.2) is 11.6 Å². The van der Waals surface area contributed by atoms with Crippen molar-refractivity contribution in [2.75, 3.05) is 16.5 Å². The lowest BCUT2D eigenvalue weighted by molar-refractivity contribution is 0.483. The van der Waals surface area contributed by atoms with E-state index >= 15 is 0 Å². The van der Waals surface area contributed by atoms with Crippen molar-refractivity contribution in [2.45, 2.75) is 67.7 Å². The van der Waals surface area contributed by atoms with E-state index in [2.05, 4.69) is 198 Å². The van der Waals surface area contributed by atoms with Gasteiger partial charge in [0.25, 0.3) is 0 Å². The lowest BCUT2D eigenvalue weighted by Crippen LogP contribution is -2.26. The van der Waals surface area contributed by atoms with E-state index in [1.54, 1.807) is 0 Å².